The van der Waals surface area contributed by atoms with Gasteiger partial charge in [-0.05, 0) is 18.2 Å². The smallest absolute Gasteiger partial charge is 0.144 e. The molecule has 0 bridgehead atoms. The van der Waals surface area contributed by atoms with E-state index in [-0.39, 0.29) is 6.61 Å². The Hall–Kier alpha value is -2.90. The summed E-state index contributed by atoms with van der Waals surface area (Å²) in [6.45, 7) is -0.128. The molecule has 21 heavy (non-hydrogen) atoms. The van der Waals surface area contributed by atoms with Gasteiger partial charge < -0.3 is 5.11 Å². The molecule has 0 aliphatic carbocycles. The van der Waals surface area contributed by atoms with Gasteiger partial charge in [0.2, 0.25) is 0 Å². The second-order valence-corrected chi connectivity index (χ2v) is 4.60. The average Bonchev–Trinajstić information content (AvgIpc) is 3.04. The highest BCUT2D eigenvalue weighted by Gasteiger charge is 2.11. The molecule has 3 aromatic rings. The molecular weight excluding hydrogens is 262 g/mol. The summed E-state index contributed by atoms with van der Waals surface area (Å²) in [6.07, 6.45) is 3.57. The van der Waals surface area contributed by atoms with Crippen molar-refractivity contribution in [1.82, 2.24) is 9.55 Å². The number of hydrogen-bond acceptors (Lipinski definition) is 3. The maximum atomic E-state index is 9.56. The minimum atomic E-state index is -0.128. The van der Waals surface area contributed by atoms with Gasteiger partial charge in [0.1, 0.15) is 5.82 Å². The van der Waals surface area contributed by atoms with Crippen molar-refractivity contribution in [1.29, 1.82) is 5.26 Å². The Morgan fingerprint density at radius 2 is 1.95 bits per heavy atom. The Morgan fingerprint density at radius 1 is 1.14 bits per heavy atom. The zero-order chi connectivity index (χ0) is 14.7. The van der Waals surface area contributed by atoms with Crippen LogP contribution in [0.4, 0.5) is 0 Å². The summed E-state index contributed by atoms with van der Waals surface area (Å²) in [7, 11) is 0. The molecule has 1 aromatic heterocycles. The summed E-state index contributed by atoms with van der Waals surface area (Å²) in [4.78, 5) is 4.40. The standard InChI is InChI=1S/C17H13N3O/c18-11-13-6-7-16(15(10-13)12-21)20-9-8-19-17(20)14-4-2-1-3-5-14/h1-10,21H,12H2. The molecule has 0 fully saturated rings. The Bertz CT molecular complexity index is 800. The van der Waals surface area contributed by atoms with Crippen molar-refractivity contribution in [3.05, 3.63) is 72.1 Å². The fourth-order valence-electron chi connectivity index (χ4n) is 2.32. The van der Waals surface area contributed by atoms with E-state index >= 15 is 0 Å². The minimum Gasteiger partial charge on any atom is -0.392 e. The average molecular weight is 275 g/mol. The van der Waals surface area contributed by atoms with Gasteiger partial charge >= 0.3 is 0 Å². The number of aliphatic hydroxyl groups is 1. The van der Waals surface area contributed by atoms with Gasteiger partial charge in [0, 0.05) is 23.5 Å². The molecule has 0 unspecified atom stereocenters. The zero-order valence-corrected chi connectivity index (χ0v) is 11.3. The number of rotatable bonds is 3. The third kappa shape index (κ3) is 2.42. The monoisotopic (exact) mass is 275 g/mol. The van der Waals surface area contributed by atoms with Crippen LogP contribution in [0, 0.1) is 11.3 Å². The van der Waals surface area contributed by atoms with Crippen LogP contribution in [0.25, 0.3) is 17.1 Å². The van der Waals surface area contributed by atoms with Gasteiger partial charge in [-0.3, -0.25) is 4.57 Å². The highest BCUT2D eigenvalue weighted by Crippen LogP contribution is 2.24. The summed E-state index contributed by atoms with van der Waals surface area (Å²) < 4.78 is 1.92. The van der Waals surface area contributed by atoms with Crippen molar-refractivity contribution < 1.29 is 5.11 Å². The van der Waals surface area contributed by atoms with Crippen LogP contribution in [-0.2, 0) is 6.61 Å². The molecule has 1 N–H and O–H groups in total. The Morgan fingerprint density at radius 3 is 2.67 bits per heavy atom. The highest BCUT2D eigenvalue weighted by atomic mass is 16.3. The fourth-order valence-corrected chi connectivity index (χ4v) is 2.32. The third-order valence-corrected chi connectivity index (χ3v) is 3.31. The SMILES string of the molecule is N#Cc1ccc(-n2ccnc2-c2ccccc2)c(CO)c1. The van der Waals surface area contributed by atoms with E-state index in [9.17, 15) is 5.11 Å². The van der Waals surface area contributed by atoms with E-state index in [2.05, 4.69) is 11.1 Å². The molecule has 4 nitrogen and oxygen atoms in total. The molecule has 4 heteroatoms. The summed E-state index contributed by atoms with van der Waals surface area (Å²) in [5, 5.41) is 18.5. The number of hydrogen-bond donors (Lipinski definition) is 1. The van der Waals surface area contributed by atoms with Crippen molar-refractivity contribution in [3.8, 4) is 23.1 Å². The predicted octanol–water partition coefficient (Wildman–Crippen LogP) is 2.90. The van der Waals surface area contributed by atoms with Crippen LogP contribution in [-0.4, -0.2) is 14.7 Å². The molecule has 0 atom stereocenters. The Kier molecular flexibility index (Phi) is 3.50. The molecule has 0 amide bonds. The van der Waals surface area contributed by atoms with Crippen LogP contribution in [0.3, 0.4) is 0 Å². The summed E-state index contributed by atoms with van der Waals surface area (Å²) in [6, 6.07) is 17.2. The van der Waals surface area contributed by atoms with Crippen LogP contribution in [0.2, 0.25) is 0 Å². The summed E-state index contributed by atoms with van der Waals surface area (Å²) >= 11 is 0. The number of nitriles is 1. The molecule has 0 saturated carbocycles. The molecule has 0 radical (unpaired) electrons. The van der Waals surface area contributed by atoms with Gasteiger partial charge in [-0.25, -0.2) is 4.98 Å². The molecular formula is C17H13N3O. The molecule has 1 heterocycles. The van der Waals surface area contributed by atoms with E-state index < -0.39 is 0 Å². The Balaban J connectivity index is 2.15. The first-order valence-electron chi connectivity index (χ1n) is 6.56. The first kappa shape index (κ1) is 13.1. The van der Waals surface area contributed by atoms with E-state index in [0.717, 1.165) is 17.1 Å². The maximum absolute atomic E-state index is 9.56. The largest absolute Gasteiger partial charge is 0.392 e. The lowest BCUT2D eigenvalue weighted by atomic mass is 10.1. The van der Waals surface area contributed by atoms with E-state index in [4.69, 9.17) is 5.26 Å². The van der Waals surface area contributed by atoms with E-state index in [1.54, 1.807) is 18.3 Å². The van der Waals surface area contributed by atoms with Crippen LogP contribution in [0.5, 0.6) is 0 Å². The predicted molar refractivity (Wildman–Crippen MR) is 79.6 cm³/mol. The molecule has 0 spiro atoms. The van der Waals surface area contributed by atoms with Gasteiger partial charge in [0.15, 0.2) is 0 Å². The third-order valence-electron chi connectivity index (χ3n) is 3.31. The summed E-state index contributed by atoms with van der Waals surface area (Å²) in [5.74, 6) is 0.801. The van der Waals surface area contributed by atoms with Crippen LogP contribution in [0.15, 0.2) is 60.9 Å². The van der Waals surface area contributed by atoms with Crippen molar-refractivity contribution in [2.24, 2.45) is 0 Å². The summed E-state index contributed by atoms with van der Waals surface area (Å²) in [5.41, 5.74) is 3.05. The number of aromatic nitrogens is 2. The van der Waals surface area contributed by atoms with Gasteiger partial charge in [-0.2, -0.15) is 5.26 Å². The second-order valence-electron chi connectivity index (χ2n) is 4.60. The lowest BCUT2D eigenvalue weighted by Crippen LogP contribution is -2.01. The second kappa shape index (κ2) is 5.61. The normalized spacial score (nSPS) is 10.3. The van der Waals surface area contributed by atoms with Gasteiger partial charge in [-0.15, -0.1) is 0 Å². The number of imidazole rings is 1. The first-order chi connectivity index (χ1) is 10.3. The number of aliphatic hydroxyl groups excluding tert-OH is 1. The number of nitrogens with zero attached hydrogens (tertiary/aromatic N) is 3. The van der Waals surface area contributed by atoms with E-state index in [1.165, 1.54) is 0 Å². The molecule has 2 aromatic carbocycles. The van der Waals surface area contributed by atoms with Crippen LogP contribution < -0.4 is 0 Å². The highest BCUT2D eigenvalue weighted by molar-refractivity contribution is 5.60. The first-order valence-corrected chi connectivity index (χ1v) is 6.56. The Labute approximate surface area is 122 Å². The zero-order valence-electron chi connectivity index (χ0n) is 11.3. The van der Waals surface area contributed by atoms with Crippen LogP contribution in [0.1, 0.15) is 11.1 Å². The van der Waals surface area contributed by atoms with Gasteiger partial charge in [0.05, 0.1) is 23.9 Å². The number of benzene rings is 2. The maximum Gasteiger partial charge on any atom is 0.144 e. The lowest BCUT2D eigenvalue weighted by Gasteiger charge is -2.12. The van der Waals surface area contributed by atoms with Crippen molar-refractivity contribution >= 4 is 0 Å². The molecule has 0 aliphatic heterocycles. The van der Waals surface area contributed by atoms with E-state index in [1.807, 2.05) is 47.2 Å². The molecule has 0 saturated heterocycles. The molecule has 0 aliphatic rings. The topological polar surface area (TPSA) is 61.8 Å². The van der Waals surface area contributed by atoms with Crippen molar-refractivity contribution in [2.75, 3.05) is 0 Å². The lowest BCUT2D eigenvalue weighted by molar-refractivity contribution is 0.281. The van der Waals surface area contributed by atoms with Gasteiger partial charge in [-0.1, -0.05) is 30.3 Å². The van der Waals surface area contributed by atoms with E-state index in [0.29, 0.717) is 11.1 Å². The molecule has 102 valence electrons. The minimum absolute atomic E-state index is 0.128. The van der Waals surface area contributed by atoms with Crippen molar-refractivity contribution in [3.63, 3.8) is 0 Å². The molecule has 3 rings (SSSR count). The fraction of sp³-hybridized carbons (Fsp3) is 0.0588. The van der Waals surface area contributed by atoms with Crippen molar-refractivity contribution in [2.45, 2.75) is 6.61 Å². The van der Waals surface area contributed by atoms with Gasteiger partial charge in [0.25, 0.3) is 0 Å². The quantitative estimate of drug-likeness (QED) is 0.799. The van der Waals surface area contributed by atoms with Crippen LogP contribution >= 0.6 is 0 Å².